The van der Waals surface area contributed by atoms with Crippen LogP contribution in [0, 0.1) is 23.2 Å². The van der Waals surface area contributed by atoms with Crippen LogP contribution in [0.5, 0.6) is 5.88 Å². The van der Waals surface area contributed by atoms with Crippen molar-refractivity contribution in [1.29, 1.82) is 0 Å². The number of carbonyl (C=O) groups excluding carboxylic acids is 3. The minimum Gasteiger partial charge on any atom is -0.474 e. The maximum absolute atomic E-state index is 13.5. The highest BCUT2D eigenvalue weighted by Crippen LogP contribution is 2.60. The zero-order chi connectivity index (χ0) is 26.3. The molecule has 0 saturated heterocycles. The van der Waals surface area contributed by atoms with E-state index in [2.05, 4.69) is 15.7 Å². The first-order chi connectivity index (χ1) is 16.9. The van der Waals surface area contributed by atoms with Crippen molar-refractivity contribution in [2.24, 2.45) is 28.9 Å². The molecule has 0 radical (unpaired) electrons. The quantitative estimate of drug-likeness (QED) is 0.475. The predicted octanol–water partition coefficient (Wildman–Crippen LogP) is 3.08. The van der Waals surface area contributed by atoms with Gasteiger partial charge in [0.05, 0.1) is 24.4 Å². The maximum Gasteiger partial charge on any atom is 0.404 e. The Morgan fingerprint density at radius 2 is 1.92 bits per heavy atom. The van der Waals surface area contributed by atoms with E-state index in [9.17, 15) is 14.4 Å². The highest BCUT2D eigenvalue weighted by molar-refractivity contribution is 5.96. The highest BCUT2D eigenvalue weighted by Gasteiger charge is 2.56. The molecular formula is C26H39N5O5. The number of nitrogens with zero attached hydrogens (tertiary/aromatic N) is 2. The molecule has 3 amide bonds. The van der Waals surface area contributed by atoms with Crippen LogP contribution >= 0.6 is 0 Å². The summed E-state index contributed by atoms with van der Waals surface area (Å²) in [5.41, 5.74) is 5.00. The molecule has 1 aromatic heterocycles. The molecule has 1 heterocycles. The Morgan fingerprint density at radius 3 is 2.50 bits per heavy atom. The fourth-order valence-corrected chi connectivity index (χ4v) is 6.76. The molecule has 2 unspecified atom stereocenters. The first-order valence-electron chi connectivity index (χ1n) is 12.8. The van der Waals surface area contributed by atoms with Gasteiger partial charge < -0.3 is 25.8 Å². The maximum atomic E-state index is 13.5. The number of hydrogen-bond donors (Lipinski definition) is 3. The van der Waals surface area contributed by atoms with Crippen molar-refractivity contribution in [3.63, 3.8) is 0 Å². The number of ether oxygens (including phenoxy) is 2. The van der Waals surface area contributed by atoms with Gasteiger partial charge in [0.2, 0.25) is 11.8 Å². The molecular weight excluding hydrogens is 462 g/mol. The van der Waals surface area contributed by atoms with Gasteiger partial charge in [-0.15, -0.1) is 0 Å². The average Bonchev–Trinajstić information content (AvgIpc) is 3.14. The monoisotopic (exact) mass is 501 g/mol. The third-order valence-electron chi connectivity index (χ3n) is 7.69. The van der Waals surface area contributed by atoms with Gasteiger partial charge in [-0.2, -0.15) is 5.10 Å². The molecule has 2 atom stereocenters. The third kappa shape index (κ3) is 5.68. The molecule has 4 aliphatic rings. The van der Waals surface area contributed by atoms with Gasteiger partial charge in [0.1, 0.15) is 5.56 Å². The number of rotatable bonds is 9. The number of nitrogens with one attached hydrogen (secondary N) is 2. The van der Waals surface area contributed by atoms with Crippen LogP contribution in [0.1, 0.15) is 77.1 Å². The Morgan fingerprint density at radius 1 is 1.25 bits per heavy atom. The summed E-state index contributed by atoms with van der Waals surface area (Å²) in [4.78, 5) is 36.2. The van der Waals surface area contributed by atoms with Crippen LogP contribution in [0.3, 0.4) is 0 Å². The Labute approximate surface area is 212 Å². The van der Waals surface area contributed by atoms with Crippen LogP contribution < -0.4 is 21.1 Å². The number of aromatic nitrogens is 2. The van der Waals surface area contributed by atoms with Crippen LogP contribution in [-0.2, 0) is 9.53 Å². The summed E-state index contributed by atoms with van der Waals surface area (Å²) in [5, 5.41) is 10.5. The van der Waals surface area contributed by atoms with Crippen LogP contribution in [0.2, 0.25) is 0 Å². The molecule has 4 saturated carbocycles. The van der Waals surface area contributed by atoms with Crippen molar-refractivity contribution < 1.29 is 23.9 Å². The lowest BCUT2D eigenvalue weighted by molar-refractivity contribution is -0.120. The Hall–Kier alpha value is -3.04. The highest BCUT2D eigenvalue weighted by atomic mass is 16.5. The largest absolute Gasteiger partial charge is 0.474 e. The van der Waals surface area contributed by atoms with E-state index in [-0.39, 0.29) is 29.4 Å². The Kier molecular flexibility index (Phi) is 7.07. The first-order valence-corrected chi connectivity index (χ1v) is 12.8. The van der Waals surface area contributed by atoms with Gasteiger partial charge in [0.25, 0.3) is 5.91 Å². The zero-order valence-corrected chi connectivity index (χ0v) is 21.9. The number of primary amides is 1. The van der Waals surface area contributed by atoms with Crippen LogP contribution in [0.4, 0.5) is 4.79 Å². The van der Waals surface area contributed by atoms with Crippen LogP contribution in [-0.4, -0.2) is 52.0 Å². The summed E-state index contributed by atoms with van der Waals surface area (Å²) >= 11 is 0. The summed E-state index contributed by atoms with van der Waals surface area (Å²) in [6, 6.07) is 0.0697. The average molecular weight is 502 g/mol. The number of amides is 3. The molecule has 4 aliphatic carbocycles. The molecule has 0 aliphatic heterocycles. The third-order valence-corrected chi connectivity index (χ3v) is 7.69. The van der Waals surface area contributed by atoms with Gasteiger partial charge in [-0.05, 0) is 83.6 Å². The standard InChI is InChI=1S/C26H39N5O5/c1-15(2)36-23-20(13-28-31(23)7-6-25(4,5)30-16(3)32)22(33)29-21-18-8-17-9-19(21)12-26(10-17,11-18)14-35-24(27)34/h6-7,13,15,17-19,21H,8-12,14H2,1-5H3,(H2,27,34)(H,29,33)(H,30,32)/b7-6+. The molecule has 0 aromatic carbocycles. The lowest BCUT2D eigenvalue weighted by Gasteiger charge is -2.59. The smallest absolute Gasteiger partial charge is 0.404 e. The normalized spacial score (nSPS) is 28.9. The molecule has 4 fully saturated rings. The lowest BCUT2D eigenvalue weighted by Crippen LogP contribution is -2.60. The van der Waals surface area contributed by atoms with E-state index in [4.69, 9.17) is 15.2 Å². The van der Waals surface area contributed by atoms with Crippen LogP contribution in [0.15, 0.2) is 12.3 Å². The summed E-state index contributed by atoms with van der Waals surface area (Å²) in [6.45, 7) is 9.38. The lowest BCUT2D eigenvalue weighted by atomic mass is 9.48. The van der Waals surface area contributed by atoms with E-state index in [0.717, 1.165) is 32.1 Å². The predicted molar refractivity (Wildman–Crippen MR) is 134 cm³/mol. The molecule has 198 valence electrons. The topological polar surface area (TPSA) is 138 Å². The Bertz CT molecular complexity index is 1030. The number of hydrogen-bond acceptors (Lipinski definition) is 6. The van der Waals surface area contributed by atoms with Crippen molar-refractivity contribution in [2.45, 2.75) is 84.4 Å². The van der Waals surface area contributed by atoms with E-state index >= 15 is 0 Å². The Balaban J connectivity index is 1.50. The molecule has 4 N–H and O–H groups in total. The second kappa shape index (κ2) is 9.78. The fourth-order valence-electron chi connectivity index (χ4n) is 6.76. The van der Waals surface area contributed by atoms with E-state index in [1.807, 2.05) is 33.8 Å². The summed E-state index contributed by atoms with van der Waals surface area (Å²) < 4.78 is 12.8. The van der Waals surface area contributed by atoms with E-state index in [1.54, 1.807) is 6.20 Å². The molecule has 0 spiro atoms. The van der Waals surface area contributed by atoms with E-state index < -0.39 is 11.6 Å². The van der Waals surface area contributed by atoms with E-state index in [1.165, 1.54) is 17.8 Å². The van der Waals surface area contributed by atoms with Gasteiger partial charge in [-0.3, -0.25) is 9.59 Å². The van der Waals surface area contributed by atoms with Crippen molar-refractivity contribution in [3.8, 4) is 5.88 Å². The van der Waals surface area contributed by atoms with Gasteiger partial charge in [-0.25, -0.2) is 9.48 Å². The summed E-state index contributed by atoms with van der Waals surface area (Å²) in [7, 11) is 0. The van der Waals surface area contributed by atoms with Crippen molar-refractivity contribution in [2.75, 3.05) is 6.61 Å². The summed E-state index contributed by atoms with van der Waals surface area (Å²) in [6.07, 6.45) is 9.23. The number of carbonyl (C=O) groups is 3. The van der Waals surface area contributed by atoms with Crippen LogP contribution in [0.25, 0.3) is 6.20 Å². The van der Waals surface area contributed by atoms with Gasteiger partial charge >= 0.3 is 6.09 Å². The molecule has 10 heteroatoms. The van der Waals surface area contributed by atoms with Crippen molar-refractivity contribution in [3.05, 3.63) is 17.8 Å². The molecule has 4 bridgehead atoms. The van der Waals surface area contributed by atoms with Crippen molar-refractivity contribution >= 4 is 24.1 Å². The first kappa shape index (κ1) is 26.0. The van der Waals surface area contributed by atoms with Gasteiger partial charge in [0, 0.05) is 24.6 Å². The second-order valence-electron chi connectivity index (χ2n) is 11.8. The molecule has 10 nitrogen and oxygen atoms in total. The summed E-state index contributed by atoms with van der Waals surface area (Å²) in [5.74, 6) is 1.33. The SMILES string of the molecule is CC(=O)NC(C)(C)/C=C/n1ncc(C(=O)NC2C3CC4CC2CC(COC(N)=O)(C4)C3)c1OC(C)C. The van der Waals surface area contributed by atoms with Gasteiger partial charge in [-0.1, -0.05) is 0 Å². The van der Waals surface area contributed by atoms with E-state index in [0.29, 0.717) is 35.8 Å². The molecule has 5 rings (SSSR count). The fraction of sp³-hybridized carbons (Fsp3) is 0.692. The minimum absolute atomic E-state index is 0.0188. The second-order valence-corrected chi connectivity index (χ2v) is 11.8. The van der Waals surface area contributed by atoms with Gasteiger partial charge in [0.15, 0.2) is 0 Å². The molecule has 36 heavy (non-hydrogen) atoms. The zero-order valence-electron chi connectivity index (χ0n) is 21.9. The number of nitrogens with two attached hydrogens (primary N) is 1. The molecule has 1 aromatic rings. The minimum atomic E-state index is -0.722. The van der Waals surface area contributed by atoms with Crippen molar-refractivity contribution in [1.82, 2.24) is 20.4 Å².